The highest BCUT2D eigenvalue weighted by molar-refractivity contribution is 5.17. The van der Waals surface area contributed by atoms with Crippen LogP contribution < -0.4 is 0 Å². The highest BCUT2D eigenvalue weighted by Crippen LogP contribution is 2.10. The van der Waals surface area contributed by atoms with E-state index in [9.17, 15) is 9.50 Å². The van der Waals surface area contributed by atoms with Gasteiger partial charge < -0.3 is 14.9 Å². The molecule has 2 unspecified atom stereocenters. The molecule has 0 saturated carbocycles. The van der Waals surface area contributed by atoms with Crippen LogP contribution in [-0.4, -0.2) is 35.8 Å². The van der Waals surface area contributed by atoms with Crippen molar-refractivity contribution in [2.75, 3.05) is 13.2 Å². The lowest BCUT2D eigenvalue weighted by atomic mass is 10.1. The molecule has 0 aliphatic carbocycles. The zero-order chi connectivity index (χ0) is 12.0. The highest BCUT2D eigenvalue weighted by Gasteiger charge is 2.12. The molecule has 1 radical (unpaired) electrons. The summed E-state index contributed by atoms with van der Waals surface area (Å²) in [5, 5.41) is 28.7. The molecule has 1 aromatic carbocycles. The van der Waals surface area contributed by atoms with E-state index in [1.54, 1.807) is 6.07 Å². The molecule has 0 saturated heterocycles. The highest BCUT2D eigenvalue weighted by atomic mass is 19.1. The van der Waals surface area contributed by atoms with E-state index >= 15 is 0 Å². The SMILES string of the molecule is [O]C(Cc1ccccc1F)OCC(O)CO. The number of hydrogen-bond acceptors (Lipinski definition) is 3. The van der Waals surface area contributed by atoms with Gasteiger partial charge in [0.2, 0.25) is 0 Å². The van der Waals surface area contributed by atoms with Crippen molar-refractivity contribution in [2.24, 2.45) is 0 Å². The zero-order valence-electron chi connectivity index (χ0n) is 8.67. The molecule has 0 spiro atoms. The second-order valence-electron chi connectivity index (χ2n) is 3.39. The van der Waals surface area contributed by atoms with Crippen LogP contribution in [0.2, 0.25) is 0 Å². The van der Waals surface area contributed by atoms with Gasteiger partial charge in [-0.15, -0.1) is 0 Å². The first-order chi connectivity index (χ1) is 7.63. The predicted octanol–water partition coefficient (Wildman–Crippen LogP) is 0.495. The Morgan fingerprint density at radius 2 is 2.06 bits per heavy atom. The molecule has 89 valence electrons. The fourth-order valence-corrected chi connectivity index (χ4v) is 1.17. The van der Waals surface area contributed by atoms with Crippen molar-refractivity contribution in [1.82, 2.24) is 0 Å². The molecule has 1 rings (SSSR count). The Morgan fingerprint density at radius 3 is 2.69 bits per heavy atom. The molecule has 0 aliphatic heterocycles. The summed E-state index contributed by atoms with van der Waals surface area (Å²) in [4.78, 5) is 0. The van der Waals surface area contributed by atoms with E-state index in [0.717, 1.165) is 0 Å². The molecular weight excluding hydrogens is 215 g/mol. The minimum absolute atomic E-state index is 0.106. The van der Waals surface area contributed by atoms with Crippen molar-refractivity contribution >= 4 is 0 Å². The first-order valence-corrected chi connectivity index (χ1v) is 4.93. The first kappa shape index (κ1) is 13.1. The van der Waals surface area contributed by atoms with E-state index in [2.05, 4.69) is 0 Å². The van der Waals surface area contributed by atoms with Crippen molar-refractivity contribution in [3.63, 3.8) is 0 Å². The average molecular weight is 229 g/mol. The minimum Gasteiger partial charge on any atom is -0.394 e. The van der Waals surface area contributed by atoms with Gasteiger partial charge in [0.05, 0.1) is 13.2 Å². The average Bonchev–Trinajstić information content (AvgIpc) is 2.29. The second kappa shape index (κ2) is 6.55. The van der Waals surface area contributed by atoms with E-state index in [1.165, 1.54) is 18.2 Å². The Bertz CT molecular complexity index is 319. The molecule has 0 heterocycles. The Balaban J connectivity index is 2.40. The third-order valence-electron chi connectivity index (χ3n) is 2.03. The van der Waals surface area contributed by atoms with Crippen molar-refractivity contribution in [2.45, 2.75) is 18.8 Å². The lowest BCUT2D eigenvalue weighted by molar-refractivity contribution is -0.158. The molecule has 0 aliphatic rings. The summed E-state index contributed by atoms with van der Waals surface area (Å²) >= 11 is 0. The van der Waals surface area contributed by atoms with Crippen molar-refractivity contribution in [1.29, 1.82) is 0 Å². The fourth-order valence-electron chi connectivity index (χ4n) is 1.17. The third-order valence-corrected chi connectivity index (χ3v) is 2.03. The number of hydrogen-bond donors (Lipinski definition) is 2. The molecule has 16 heavy (non-hydrogen) atoms. The Hall–Kier alpha value is -1.01. The number of halogens is 1. The molecule has 4 nitrogen and oxygen atoms in total. The summed E-state index contributed by atoms with van der Waals surface area (Å²) in [5.74, 6) is -0.449. The minimum atomic E-state index is -1.45. The number of ether oxygens (including phenoxy) is 1. The lowest BCUT2D eigenvalue weighted by Crippen LogP contribution is -2.24. The standard InChI is InChI=1S/C11H14FO4/c12-10-4-2-1-3-8(10)5-11(15)16-7-9(14)6-13/h1-4,9,11,13-14H,5-7H2. The predicted molar refractivity (Wildman–Crippen MR) is 53.6 cm³/mol. The van der Waals surface area contributed by atoms with Gasteiger partial charge >= 0.3 is 0 Å². The molecular formula is C11H14FO4. The summed E-state index contributed by atoms with van der Waals surface area (Å²) in [6, 6.07) is 5.94. The Labute approximate surface area is 92.9 Å². The fraction of sp³-hybridized carbons (Fsp3) is 0.455. The number of rotatable bonds is 6. The van der Waals surface area contributed by atoms with Gasteiger partial charge in [-0.25, -0.2) is 9.50 Å². The van der Waals surface area contributed by atoms with Crippen LogP contribution >= 0.6 is 0 Å². The molecule has 2 atom stereocenters. The topological polar surface area (TPSA) is 69.6 Å². The van der Waals surface area contributed by atoms with Gasteiger partial charge in [0.25, 0.3) is 0 Å². The van der Waals surface area contributed by atoms with E-state index < -0.39 is 24.8 Å². The van der Waals surface area contributed by atoms with E-state index in [1.807, 2.05) is 0 Å². The summed E-state index contributed by atoms with van der Waals surface area (Å²) in [7, 11) is 0. The molecule has 0 bridgehead atoms. The van der Waals surface area contributed by atoms with Gasteiger partial charge in [-0.2, -0.15) is 0 Å². The largest absolute Gasteiger partial charge is 0.394 e. The molecule has 1 aromatic rings. The van der Waals surface area contributed by atoms with Crippen LogP contribution in [0.4, 0.5) is 4.39 Å². The number of aliphatic hydroxyl groups excluding tert-OH is 2. The van der Waals surface area contributed by atoms with Gasteiger partial charge in [0.1, 0.15) is 11.9 Å². The zero-order valence-corrected chi connectivity index (χ0v) is 8.67. The van der Waals surface area contributed by atoms with Crippen LogP contribution in [0, 0.1) is 5.82 Å². The second-order valence-corrected chi connectivity index (χ2v) is 3.39. The van der Waals surface area contributed by atoms with Gasteiger partial charge in [-0.1, -0.05) is 18.2 Å². The van der Waals surface area contributed by atoms with Crippen molar-refractivity contribution in [3.8, 4) is 0 Å². The molecule has 5 heteroatoms. The Morgan fingerprint density at radius 1 is 1.38 bits per heavy atom. The summed E-state index contributed by atoms with van der Waals surface area (Å²) in [6.07, 6.45) is -2.62. The van der Waals surface area contributed by atoms with Crippen molar-refractivity contribution < 1.29 is 24.4 Å². The lowest BCUT2D eigenvalue weighted by Gasteiger charge is -2.12. The van der Waals surface area contributed by atoms with Crippen LogP contribution in [-0.2, 0) is 16.3 Å². The van der Waals surface area contributed by atoms with Gasteiger partial charge in [-0.3, -0.25) is 0 Å². The van der Waals surface area contributed by atoms with Gasteiger partial charge in [-0.05, 0) is 11.6 Å². The number of benzene rings is 1. The van der Waals surface area contributed by atoms with Crippen LogP contribution in [0.5, 0.6) is 0 Å². The Kier molecular flexibility index (Phi) is 5.34. The third kappa shape index (κ3) is 4.24. The molecule has 0 amide bonds. The summed E-state index contributed by atoms with van der Waals surface area (Å²) in [6.45, 7) is -0.717. The van der Waals surface area contributed by atoms with Crippen LogP contribution in [0.1, 0.15) is 5.56 Å². The van der Waals surface area contributed by atoms with Crippen LogP contribution in [0.25, 0.3) is 0 Å². The number of aliphatic hydroxyl groups is 2. The van der Waals surface area contributed by atoms with Crippen LogP contribution in [0.15, 0.2) is 24.3 Å². The van der Waals surface area contributed by atoms with E-state index in [4.69, 9.17) is 14.9 Å². The van der Waals surface area contributed by atoms with Gasteiger partial charge in [0.15, 0.2) is 6.29 Å². The maximum atomic E-state index is 13.1. The molecule has 0 fully saturated rings. The first-order valence-electron chi connectivity index (χ1n) is 4.93. The van der Waals surface area contributed by atoms with Crippen LogP contribution in [0.3, 0.4) is 0 Å². The van der Waals surface area contributed by atoms with E-state index in [-0.39, 0.29) is 18.6 Å². The van der Waals surface area contributed by atoms with E-state index in [0.29, 0.717) is 0 Å². The van der Waals surface area contributed by atoms with Gasteiger partial charge in [0, 0.05) is 6.42 Å². The summed E-state index contributed by atoms with van der Waals surface area (Å²) < 4.78 is 17.9. The molecule has 2 N–H and O–H groups in total. The maximum Gasteiger partial charge on any atom is 0.195 e. The quantitative estimate of drug-likeness (QED) is 0.698. The molecule has 0 aromatic heterocycles. The monoisotopic (exact) mass is 229 g/mol. The maximum absolute atomic E-state index is 13.1. The summed E-state index contributed by atoms with van der Waals surface area (Å²) in [5.41, 5.74) is 0.279. The smallest absolute Gasteiger partial charge is 0.195 e. The van der Waals surface area contributed by atoms with Crippen molar-refractivity contribution in [3.05, 3.63) is 35.6 Å². The normalized spacial score (nSPS) is 14.8.